The predicted octanol–water partition coefficient (Wildman–Crippen LogP) is 3.82. The molecule has 0 N–H and O–H groups in total. The SMILES string of the molecule is CCCCc1cccc(F)c1Cl. The van der Waals surface area contributed by atoms with Crippen LogP contribution in [0.25, 0.3) is 0 Å². The van der Waals surface area contributed by atoms with E-state index in [0.29, 0.717) is 0 Å². The molecule has 12 heavy (non-hydrogen) atoms. The van der Waals surface area contributed by atoms with Gasteiger partial charge in [-0.1, -0.05) is 37.1 Å². The first-order valence-electron chi connectivity index (χ1n) is 4.18. The van der Waals surface area contributed by atoms with Crippen molar-refractivity contribution < 1.29 is 4.39 Å². The Morgan fingerprint density at radius 2 is 2.17 bits per heavy atom. The molecule has 0 aliphatic rings. The highest BCUT2D eigenvalue weighted by Gasteiger charge is 2.03. The minimum Gasteiger partial charge on any atom is -0.205 e. The topological polar surface area (TPSA) is 0 Å². The average molecular weight is 187 g/mol. The quantitative estimate of drug-likeness (QED) is 0.673. The molecule has 2 heteroatoms. The maximum atomic E-state index is 12.9. The summed E-state index contributed by atoms with van der Waals surface area (Å²) in [5, 5.41) is 0.283. The zero-order chi connectivity index (χ0) is 8.97. The van der Waals surface area contributed by atoms with Crippen molar-refractivity contribution in [2.24, 2.45) is 0 Å². The molecule has 1 aromatic rings. The van der Waals surface area contributed by atoms with Gasteiger partial charge in [-0.3, -0.25) is 0 Å². The van der Waals surface area contributed by atoms with Gasteiger partial charge in [0.1, 0.15) is 5.82 Å². The van der Waals surface area contributed by atoms with Gasteiger partial charge in [0.25, 0.3) is 0 Å². The van der Waals surface area contributed by atoms with E-state index in [9.17, 15) is 4.39 Å². The van der Waals surface area contributed by atoms with Crippen LogP contribution in [-0.2, 0) is 6.42 Å². The zero-order valence-electron chi connectivity index (χ0n) is 7.11. The number of hydrogen-bond acceptors (Lipinski definition) is 0. The molecule has 0 saturated heterocycles. The summed E-state index contributed by atoms with van der Waals surface area (Å²) >= 11 is 5.75. The molecular formula is C10H12ClF. The standard InChI is InChI=1S/C10H12ClF/c1-2-3-5-8-6-4-7-9(12)10(8)11/h4,6-7H,2-3,5H2,1H3. The monoisotopic (exact) mass is 186 g/mol. The minimum absolute atomic E-state index is 0.283. The van der Waals surface area contributed by atoms with Crippen molar-refractivity contribution in [3.63, 3.8) is 0 Å². The van der Waals surface area contributed by atoms with Crippen LogP contribution in [0.1, 0.15) is 25.3 Å². The summed E-state index contributed by atoms with van der Waals surface area (Å²) < 4.78 is 12.9. The lowest BCUT2D eigenvalue weighted by molar-refractivity contribution is 0.624. The molecule has 0 amide bonds. The smallest absolute Gasteiger partial charge is 0.142 e. The van der Waals surface area contributed by atoms with Gasteiger partial charge in [0.2, 0.25) is 0 Å². The highest BCUT2D eigenvalue weighted by molar-refractivity contribution is 6.31. The summed E-state index contributed by atoms with van der Waals surface area (Å²) in [5.74, 6) is -0.315. The summed E-state index contributed by atoms with van der Waals surface area (Å²) in [6.07, 6.45) is 3.03. The Hall–Kier alpha value is -0.560. The van der Waals surface area contributed by atoms with Crippen molar-refractivity contribution in [3.8, 4) is 0 Å². The minimum atomic E-state index is -0.315. The zero-order valence-corrected chi connectivity index (χ0v) is 7.87. The maximum absolute atomic E-state index is 12.9. The molecule has 0 saturated carbocycles. The lowest BCUT2D eigenvalue weighted by Gasteiger charge is -2.02. The van der Waals surface area contributed by atoms with E-state index in [1.807, 2.05) is 6.07 Å². The number of hydrogen-bond donors (Lipinski definition) is 0. The fourth-order valence-corrected chi connectivity index (χ4v) is 1.33. The summed E-state index contributed by atoms with van der Waals surface area (Å²) in [7, 11) is 0. The Bertz CT molecular complexity index is 258. The molecule has 0 fully saturated rings. The molecule has 1 rings (SSSR count). The molecule has 1 aromatic carbocycles. The molecule has 0 nitrogen and oxygen atoms in total. The van der Waals surface area contributed by atoms with Gasteiger partial charge >= 0.3 is 0 Å². The number of rotatable bonds is 3. The molecule has 0 aliphatic heterocycles. The Labute approximate surface area is 77.4 Å². The van der Waals surface area contributed by atoms with E-state index in [-0.39, 0.29) is 10.8 Å². The van der Waals surface area contributed by atoms with E-state index in [1.165, 1.54) is 6.07 Å². The van der Waals surface area contributed by atoms with Crippen LogP contribution in [0, 0.1) is 5.82 Å². The van der Waals surface area contributed by atoms with Crippen LogP contribution in [0.4, 0.5) is 4.39 Å². The normalized spacial score (nSPS) is 10.2. The summed E-state index contributed by atoms with van der Waals surface area (Å²) in [5.41, 5.74) is 0.915. The van der Waals surface area contributed by atoms with E-state index in [2.05, 4.69) is 6.92 Å². The van der Waals surface area contributed by atoms with Gasteiger partial charge in [-0.05, 0) is 24.5 Å². The van der Waals surface area contributed by atoms with Gasteiger partial charge in [-0.25, -0.2) is 4.39 Å². The second-order valence-corrected chi connectivity index (χ2v) is 3.19. The van der Waals surface area contributed by atoms with Crippen LogP contribution in [0.5, 0.6) is 0 Å². The molecule has 0 radical (unpaired) electrons. The van der Waals surface area contributed by atoms with Gasteiger partial charge < -0.3 is 0 Å². The molecule has 0 aromatic heterocycles. The number of halogens is 2. The Morgan fingerprint density at radius 3 is 2.83 bits per heavy atom. The average Bonchev–Trinajstić information content (AvgIpc) is 2.08. The summed E-state index contributed by atoms with van der Waals surface area (Å²) in [4.78, 5) is 0. The molecule has 0 aliphatic carbocycles. The molecule has 0 heterocycles. The molecule has 0 bridgehead atoms. The number of unbranched alkanes of at least 4 members (excludes halogenated alkanes) is 1. The Morgan fingerprint density at radius 1 is 1.42 bits per heavy atom. The predicted molar refractivity (Wildman–Crippen MR) is 50.0 cm³/mol. The largest absolute Gasteiger partial charge is 0.205 e. The van der Waals surface area contributed by atoms with Crippen molar-refractivity contribution in [1.29, 1.82) is 0 Å². The van der Waals surface area contributed by atoms with Crippen molar-refractivity contribution in [2.45, 2.75) is 26.2 Å². The van der Waals surface area contributed by atoms with Crippen LogP contribution in [0.15, 0.2) is 18.2 Å². The molecule has 66 valence electrons. The Kier molecular flexibility index (Phi) is 3.54. The fourth-order valence-electron chi connectivity index (χ4n) is 1.11. The highest BCUT2D eigenvalue weighted by Crippen LogP contribution is 2.20. The van der Waals surface area contributed by atoms with Crippen LogP contribution in [0.3, 0.4) is 0 Å². The molecule has 0 unspecified atom stereocenters. The van der Waals surface area contributed by atoms with E-state index in [1.54, 1.807) is 6.07 Å². The van der Waals surface area contributed by atoms with Crippen molar-refractivity contribution in [1.82, 2.24) is 0 Å². The van der Waals surface area contributed by atoms with Gasteiger partial charge in [0, 0.05) is 0 Å². The third-order valence-corrected chi connectivity index (χ3v) is 2.25. The first kappa shape index (κ1) is 9.53. The van der Waals surface area contributed by atoms with E-state index in [0.717, 1.165) is 24.8 Å². The second kappa shape index (κ2) is 4.46. The third kappa shape index (κ3) is 2.21. The van der Waals surface area contributed by atoms with Crippen LogP contribution >= 0.6 is 11.6 Å². The summed E-state index contributed by atoms with van der Waals surface area (Å²) in [6, 6.07) is 4.96. The lowest BCUT2D eigenvalue weighted by Crippen LogP contribution is -1.88. The first-order chi connectivity index (χ1) is 5.75. The first-order valence-corrected chi connectivity index (χ1v) is 4.56. The van der Waals surface area contributed by atoms with Gasteiger partial charge in [-0.15, -0.1) is 0 Å². The summed E-state index contributed by atoms with van der Waals surface area (Å²) in [6.45, 7) is 2.10. The second-order valence-electron chi connectivity index (χ2n) is 2.82. The van der Waals surface area contributed by atoms with Crippen molar-refractivity contribution in [2.75, 3.05) is 0 Å². The lowest BCUT2D eigenvalue weighted by atomic mass is 10.1. The van der Waals surface area contributed by atoms with Gasteiger partial charge in [-0.2, -0.15) is 0 Å². The maximum Gasteiger partial charge on any atom is 0.142 e. The van der Waals surface area contributed by atoms with Crippen molar-refractivity contribution >= 4 is 11.6 Å². The van der Waals surface area contributed by atoms with E-state index >= 15 is 0 Å². The number of benzene rings is 1. The van der Waals surface area contributed by atoms with E-state index in [4.69, 9.17) is 11.6 Å². The third-order valence-electron chi connectivity index (χ3n) is 1.83. The van der Waals surface area contributed by atoms with Gasteiger partial charge in [0.05, 0.1) is 5.02 Å². The molecular weight excluding hydrogens is 175 g/mol. The fraction of sp³-hybridized carbons (Fsp3) is 0.400. The molecule has 0 spiro atoms. The number of aryl methyl sites for hydroxylation is 1. The highest BCUT2D eigenvalue weighted by atomic mass is 35.5. The van der Waals surface area contributed by atoms with Gasteiger partial charge in [0.15, 0.2) is 0 Å². The van der Waals surface area contributed by atoms with Crippen LogP contribution in [0.2, 0.25) is 5.02 Å². The van der Waals surface area contributed by atoms with Crippen molar-refractivity contribution in [3.05, 3.63) is 34.6 Å². The Balaban J connectivity index is 2.78. The van der Waals surface area contributed by atoms with E-state index < -0.39 is 0 Å². The van der Waals surface area contributed by atoms with Crippen LogP contribution < -0.4 is 0 Å². The molecule has 0 atom stereocenters. The van der Waals surface area contributed by atoms with Crippen LogP contribution in [-0.4, -0.2) is 0 Å².